The fraction of sp³-hybridized carbons (Fsp3) is 0.833. The highest BCUT2D eigenvalue weighted by molar-refractivity contribution is 6.04. The lowest BCUT2D eigenvalue weighted by molar-refractivity contribution is -0.136. The van der Waals surface area contributed by atoms with Crippen molar-refractivity contribution in [2.75, 3.05) is 26.2 Å². The largest absolute Gasteiger partial charge is 0.341 e. The van der Waals surface area contributed by atoms with E-state index in [0.29, 0.717) is 24.9 Å². The number of urea groups is 1. The van der Waals surface area contributed by atoms with Crippen LogP contribution in [0.15, 0.2) is 0 Å². The third-order valence-electron chi connectivity index (χ3n) is 4.67. The minimum absolute atomic E-state index is 0.114. The molecule has 1 aliphatic carbocycles. The predicted octanol–water partition coefficient (Wildman–Crippen LogP) is 2.33. The number of hydrogen-bond acceptors (Lipinski definition) is 3. The summed E-state index contributed by atoms with van der Waals surface area (Å²) in [7, 11) is 0. The fourth-order valence-corrected chi connectivity index (χ4v) is 2.81. The Hall–Kier alpha value is -1.59. The molecular weight excluding hydrogens is 306 g/mol. The third kappa shape index (κ3) is 4.95. The lowest BCUT2D eigenvalue weighted by atomic mass is 10.1. The van der Waals surface area contributed by atoms with Gasteiger partial charge in [-0.15, -0.1) is 0 Å². The third-order valence-corrected chi connectivity index (χ3v) is 4.67. The summed E-state index contributed by atoms with van der Waals surface area (Å²) in [5.74, 6) is 0.670. The van der Waals surface area contributed by atoms with Gasteiger partial charge in [-0.3, -0.25) is 14.5 Å². The van der Waals surface area contributed by atoms with Crippen LogP contribution in [-0.2, 0) is 9.59 Å². The Bertz CT molecular complexity index is 474. The van der Waals surface area contributed by atoms with Gasteiger partial charge in [0.1, 0.15) is 13.1 Å². The Labute approximate surface area is 145 Å². The molecule has 6 nitrogen and oxygen atoms in total. The first kappa shape index (κ1) is 18.7. The molecule has 136 valence electrons. The average molecular weight is 337 g/mol. The van der Waals surface area contributed by atoms with E-state index in [1.54, 1.807) is 4.90 Å². The minimum atomic E-state index is -0.288. The van der Waals surface area contributed by atoms with E-state index in [9.17, 15) is 14.4 Å². The van der Waals surface area contributed by atoms with E-state index in [4.69, 9.17) is 0 Å². The van der Waals surface area contributed by atoms with Gasteiger partial charge in [0, 0.05) is 19.1 Å². The lowest BCUT2D eigenvalue weighted by Gasteiger charge is -2.26. The zero-order valence-corrected chi connectivity index (χ0v) is 15.5. The van der Waals surface area contributed by atoms with Crippen molar-refractivity contribution in [1.82, 2.24) is 14.7 Å². The van der Waals surface area contributed by atoms with Crippen molar-refractivity contribution >= 4 is 17.8 Å². The molecule has 1 aliphatic heterocycles. The molecule has 0 unspecified atom stereocenters. The van der Waals surface area contributed by atoms with Gasteiger partial charge in [0.15, 0.2) is 0 Å². The summed E-state index contributed by atoms with van der Waals surface area (Å²) >= 11 is 0. The molecule has 0 atom stereocenters. The van der Waals surface area contributed by atoms with Crippen molar-refractivity contribution in [1.29, 1.82) is 0 Å². The standard InChI is InChI=1S/C18H31N3O3/c1-13(2)7-9-19(10-8-14(3)4)16(22)11-21-17(23)12-20(18(21)24)15-5-6-15/h13-15H,5-12H2,1-4H3. The van der Waals surface area contributed by atoms with Crippen molar-refractivity contribution in [2.24, 2.45) is 11.8 Å². The predicted molar refractivity (Wildman–Crippen MR) is 92.3 cm³/mol. The Morgan fingerprint density at radius 3 is 2.08 bits per heavy atom. The number of rotatable bonds is 9. The minimum Gasteiger partial charge on any atom is -0.341 e. The molecule has 2 aliphatic rings. The number of amides is 4. The Kier molecular flexibility index (Phi) is 6.24. The number of imide groups is 1. The van der Waals surface area contributed by atoms with Crippen LogP contribution in [0.5, 0.6) is 0 Å². The number of carbonyl (C=O) groups excluding carboxylic acids is 3. The van der Waals surface area contributed by atoms with Gasteiger partial charge in [-0.2, -0.15) is 0 Å². The maximum atomic E-state index is 12.7. The molecule has 6 heteroatoms. The molecule has 0 N–H and O–H groups in total. The molecule has 4 amide bonds. The summed E-state index contributed by atoms with van der Waals surface area (Å²) in [5, 5.41) is 0. The van der Waals surface area contributed by atoms with E-state index < -0.39 is 0 Å². The van der Waals surface area contributed by atoms with Crippen molar-refractivity contribution < 1.29 is 14.4 Å². The topological polar surface area (TPSA) is 60.9 Å². The second kappa shape index (κ2) is 7.99. The molecule has 0 aromatic rings. The van der Waals surface area contributed by atoms with Crippen molar-refractivity contribution in [3.63, 3.8) is 0 Å². The normalized spacial score (nSPS) is 18.2. The molecule has 0 aromatic heterocycles. The monoisotopic (exact) mass is 337 g/mol. The molecule has 0 aromatic carbocycles. The number of nitrogens with zero attached hydrogens (tertiary/aromatic N) is 3. The van der Waals surface area contributed by atoms with Crippen LogP contribution >= 0.6 is 0 Å². The van der Waals surface area contributed by atoms with Gasteiger partial charge in [0.2, 0.25) is 5.91 Å². The Balaban J connectivity index is 1.94. The van der Waals surface area contributed by atoms with Gasteiger partial charge >= 0.3 is 6.03 Å². The number of hydrogen-bond donors (Lipinski definition) is 0. The van der Waals surface area contributed by atoms with Gasteiger partial charge in [0.25, 0.3) is 5.91 Å². The summed E-state index contributed by atoms with van der Waals surface area (Å²) in [5.41, 5.74) is 0. The maximum absolute atomic E-state index is 12.7. The van der Waals surface area contributed by atoms with Crippen LogP contribution in [-0.4, -0.2) is 64.8 Å². The molecule has 0 spiro atoms. The van der Waals surface area contributed by atoms with Gasteiger partial charge in [-0.05, 0) is 37.5 Å². The zero-order chi connectivity index (χ0) is 17.9. The van der Waals surface area contributed by atoms with Crippen LogP contribution in [0, 0.1) is 11.8 Å². The fourth-order valence-electron chi connectivity index (χ4n) is 2.81. The van der Waals surface area contributed by atoms with Crippen LogP contribution in [0.1, 0.15) is 53.4 Å². The number of carbonyl (C=O) groups is 3. The second-order valence-corrected chi connectivity index (χ2v) is 7.87. The van der Waals surface area contributed by atoms with Crippen LogP contribution in [0.2, 0.25) is 0 Å². The first-order valence-electron chi connectivity index (χ1n) is 9.18. The smallest absolute Gasteiger partial charge is 0.327 e. The van der Waals surface area contributed by atoms with Crippen LogP contribution in [0.25, 0.3) is 0 Å². The molecule has 1 heterocycles. The van der Waals surface area contributed by atoms with Gasteiger partial charge in [0.05, 0.1) is 0 Å². The zero-order valence-electron chi connectivity index (χ0n) is 15.5. The van der Waals surface area contributed by atoms with Crippen molar-refractivity contribution in [2.45, 2.75) is 59.4 Å². The quantitative estimate of drug-likeness (QED) is 0.607. The average Bonchev–Trinajstić information content (AvgIpc) is 3.29. The van der Waals surface area contributed by atoms with Gasteiger partial charge in [-0.25, -0.2) is 4.79 Å². The van der Waals surface area contributed by atoms with Crippen LogP contribution in [0.4, 0.5) is 4.79 Å². The van der Waals surface area contributed by atoms with Crippen LogP contribution in [0.3, 0.4) is 0 Å². The van der Waals surface area contributed by atoms with E-state index >= 15 is 0 Å². The molecule has 24 heavy (non-hydrogen) atoms. The van der Waals surface area contributed by atoms with E-state index in [1.165, 1.54) is 0 Å². The summed E-state index contributed by atoms with van der Waals surface area (Å²) in [6, 6.07) is -0.0805. The summed E-state index contributed by atoms with van der Waals surface area (Å²) in [4.78, 5) is 41.7. The molecule has 2 rings (SSSR count). The summed E-state index contributed by atoms with van der Waals surface area (Å²) in [6.07, 6.45) is 3.80. The van der Waals surface area contributed by atoms with Gasteiger partial charge < -0.3 is 9.80 Å². The van der Waals surface area contributed by atoms with E-state index in [-0.39, 0.29) is 37.0 Å². The maximum Gasteiger partial charge on any atom is 0.327 e. The highest BCUT2D eigenvalue weighted by Gasteiger charge is 2.44. The Morgan fingerprint density at radius 1 is 1.08 bits per heavy atom. The van der Waals surface area contributed by atoms with Crippen molar-refractivity contribution in [3.05, 3.63) is 0 Å². The summed E-state index contributed by atoms with van der Waals surface area (Å²) < 4.78 is 0. The van der Waals surface area contributed by atoms with Gasteiger partial charge in [-0.1, -0.05) is 27.7 Å². The highest BCUT2D eigenvalue weighted by atomic mass is 16.2. The SMILES string of the molecule is CC(C)CCN(CCC(C)C)C(=O)CN1C(=O)CN(C2CC2)C1=O. The molecule has 1 saturated heterocycles. The van der Waals surface area contributed by atoms with Crippen molar-refractivity contribution in [3.8, 4) is 0 Å². The summed E-state index contributed by atoms with van der Waals surface area (Å²) in [6.45, 7) is 9.92. The second-order valence-electron chi connectivity index (χ2n) is 7.87. The van der Waals surface area contributed by atoms with E-state index in [1.807, 2.05) is 4.90 Å². The Morgan fingerprint density at radius 2 is 1.62 bits per heavy atom. The highest BCUT2D eigenvalue weighted by Crippen LogP contribution is 2.30. The lowest BCUT2D eigenvalue weighted by Crippen LogP contribution is -2.44. The molecule has 2 fully saturated rings. The molecule has 1 saturated carbocycles. The molecule has 0 radical (unpaired) electrons. The molecule has 0 bridgehead atoms. The van der Waals surface area contributed by atoms with Crippen LogP contribution < -0.4 is 0 Å². The first-order chi connectivity index (χ1) is 11.3. The first-order valence-corrected chi connectivity index (χ1v) is 9.18. The molecular formula is C18H31N3O3. The van der Waals surface area contributed by atoms with E-state index in [2.05, 4.69) is 27.7 Å². The van der Waals surface area contributed by atoms with E-state index in [0.717, 1.165) is 30.6 Å².